The molecule has 3 nitrogen and oxygen atoms in total. The Labute approximate surface area is 96.4 Å². The van der Waals surface area contributed by atoms with Gasteiger partial charge in [0.2, 0.25) is 0 Å². The summed E-state index contributed by atoms with van der Waals surface area (Å²) in [6.07, 6.45) is 1.46. The largest absolute Gasteiger partial charge is 0.396 e. The Morgan fingerprint density at radius 1 is 1.38 bits per heavy atom. The van der Waals surface area contributed by atoms with Crippen molar-refractivity contribution in [3.8, 4) is 0 Å². The van der Waals surface area contributed by atoms with E-state index in [-0.39, 0.29) is 12.4 Å². The number of aliphatic hydroxyl groups excluding tert-OH is 1. The minimum atomic E-state index is -3.33. The van der Waals surface area contributed by atoms with Crippen LogP contribution in [0.2, 0.25) is 0 Å². The summed E-state index contributed by atoms with van der Waals surface area (Å²) < 4.78 is 23.8. The van der Waals surface area contributed by atoms with Gasteiger partial charge in [-0.3, -0.25) is 0 Å². The molecule has 4 heteroatoms. The van der Waals surface area contributed by atoms with Crippen LogP contribution < -0.4 is 0 Å². The Hall–Kier alpha value is -1.13. The van der Waals surface area contributed by atoms with Crippen molar-refractivity contribution in [3.05, 3.63) is 42.5 Å². The summed E-state index contributed by atoms with van der Waals surface area (Å²) in [7, 11) is -3.33. The van der Waals surface area contributed by atoms with Gasteiger partial charge in [0.15, 0.2) is 9.84 Å². The molecular weight excluding hydrogens is 224 g/mol. The van der Waals surface area contributed by atoms with Gasteiger partial charge in [-0.05, 0) is 19.1 Å². The van der Waals surface area contributed by atoms with Crippen LogP contribution in [0.25, 0.3) is 0 Å². The average Bonchev–Trinajstić information content (AvgIpc) is 2.26. The van der Waals surface area contributed by atoms with Crippen molar-refractivity contribution in [2.24, 2.45) is 5.92 Å². The first-order chi connectivity index (χ1) is 7.49. The van der Waals surface area contributed by atoms with E-state index in [1.165, 1.54) is 6.08 Å². The van der Waals surface area contributed by atoms with Gasteiger partial charge in [-0.15, -0.1) is 6.58 Å². The van der Waals surface area contributed by atoms with Gasteiger partial charge in [-0.2, -0.15) is 0 Å². The van der Waals surface area contributed by atoms with Crippen molar-refractivity contribution in [1.82, 2.24) is 0 Å². The molecule has 1 N–H and O–H groups in total. The van der Waals surface area contributed by atoms with E-state index in [9.17, 15) is 8.42 Å². The molecule has 0 aromatic heterocycles. The molecule has 1 aromatic rings. The van der Waals surface area contributed by atoms with Crippen LogP contribution in [0.1, 0.15) is 5.56 Å². The molecule has 1 rings (SSSR count). The van der Waals surface area contributed by atoms with Gasteiger partial charge in [-0.25, -0.2) is 8.42 Å². The molecule has 0 bridgehead atoms. The number of hydrogen-bond donors (Lipinski definition) is 1. The zero-order valence-electron chi connectivity index (χ0n) is 9.26. The number of rotatable bonds is 5. The summed E-state index contributed by atoms with van der Waals surface area (Å²) in [6, 6.07) is 6.69. The first-order valence-electron chi connectivity index (χ1n) is 5.02. The Balaban J connectivity index is 2.94. The topological polar surface area (TPSA) is 54.4 Å². The summed E-state index contributed by atoms with van der Waals surface area (Å²) in [6.45, 7) is 5.20. The Bertz CT molecular complexity index is 446. The molecule has 0 saturated heterocycles. The molecule has 0 spiro atoms. The van der Waals surface area contributed by atoms with Crippen LogP contribution in [-0.4, -0.2) is 25.9 Å². The second kappa shape index (κ2) is 5.27. The molecule has 0 aliphatic rings. The van der Waals surface area contributed by atoms with Gasteiger partial charge < -0.3 is 5.11 Å². The zero-order valence-corrected chi connectivity index (χ0v) is 10.1. The molecule has 1 aromatic carbocycles. The van der Waals surface area contributed by atoms with Crippen molar-refractivity contribution < 1.29 is 13.5 Å². The normalized spacial score (nSPS) is 13.4. The Morgan fingerprint density at radius 3 is 2.38 bits per heavy atom. The maximum atomic E-state index is 11.9. The van der Waals surface area contributed by atoms with E-state index < -0.39 is 15.8 Å². The van der Waals surface area contributed by atoms with Crippen LogP contribution in [0, 0.1) is 12.8 Å². The van der Waals surface area contributed by atoms with E-state index >= 15 is 0 Å². The number of aryl methyl sites for hydroxylation is 1. The average molecular weight is 240 g/mol. The molecule has 0 saturated carbocycles. The number of aliphatic hydroxyl groups is 1. The second-order valence-corrected chi connectivity index (χ2v) is 5.81. The highest BCUT2D eigenvalue weighted by Crippen LogP contribution is 2.15. The smallest absolute Gasteiger partial charge is 0.179 e. The third-order valence-corrected chi connectivity index (χ3v) is 4.24. The molecular formula is C12H16O3S. The van der Waals surface area contributed by atoms with Gasteiger partial charge in [0.05, 0.1) is 17.3 Å². The van der Waals surface area contributed by atoms with E-state index in [2.05, 4.69) is 6.58 Å². The van der Waals surface area contributed by atoms with Gasteiger partial charge in [-0.1, -0.05) is 23.8 Å². The molecule has 0 aliphatic carbocycles. The van der Waals surface area contributed by atoms with Crippen LogP contribution >= 0.6 is 0 Å². The SMILES string of the molecule is C=CC(CO)CS(=O)(=O)c1ccc(C)cc1. The van der Waals surface area contributed by atoms with Crippen molar-refractivity contribution in [3.63, 3.8) is 0 Å². The molecule has 0 heterocycles. The zero-order chi connectivity index (χ0) is 12.2. The lowest BCUT2D eigenvalue weighted by molar-refractivity contribution is 0.263. The van der Waals surface area contributed by atoms with Gasteiger partial charge in [0.25, 0.3) is 0 Å². The minimum Gasteiger partial charge on any atom is -0.396 e. The molecule has 0 radical (unpaired) electrons. The van der Waals surface area contributed by atoms with Gasteiger partial charge >= 0.3 is 0 Å². The molecule has 0 amide bonds. The maximum Gasteiger partial charge on any atom is 0.179 e. The number of sulfone groups is 1. The number of hydrogen-bond acceptors (Lipinski definition) is 3. The van der Waals surface area contributed by atoms with Crippen LogP contribution in [-0.2, 0) is 9.84 Å². The standard InChI is InChI=1S/C12H16O3S/c1-3-11(8-13)9-16(14,15)12-6-4-10(2)5-7-12/h3-7,11,13H,1,8-9H2,2H3. The molecule has 0 fully saturated rings. The van der Waals surface area contributed by atoms with Crippen LogP contribution in [0.4, 0.5) is 0 Å². The van der Waals surface area contributed by atoms with Crippen molar-refractivity contribution >= 4 is 9.84 Å². The summed E-state index contributed by atoms with van der Waals surface area (Å²) in [4.78, 5) is 0.290. The van der Waals surface area contributed by atoms with Gasteiger partial charge in [0, 0.05) is 5.92 Å². The summed E-state index contributed by atoms with van der Waals surface area (Å²) >= 11 is 0. The van der Waals surface area contributed by atoms with E-state index in [1.54, 1.807) is 24.3 Å². The Morgan fingerprint density at radius 2 is 1.94 bits per heavy atom. The lowest BCUT2D eigenvalue weighted by atomic mass is 10.2. The van der Waals surface area contributed by atoms with E-state index in [0.29, 0.717) is 4.90 Å². The van der Waals surface area contributed by atoms with E-state index in [4.69, 9.17) is 5.11 Å². The highest BCUT2D eigenvalue weighted by molar-refractivity contribution is 7.91. The number of benzene rings is 1. The first-order valence-corrected chi connectivity index (χ1v) is 6.67. The van der Waals surface area contributed by atoms with Crippen LogP contribution in [0.15, 0.2) is 41.8 Å². The lowest BCUT2D eigenvalue weighted by Crippen LogP contribution is -2.17. The van der Waals surface area contributed by atoms with E-state index in [1.807, 2.05) is 6.92 Å². The lowest BCUT2D eigenvalue weighted by Gasteiger charge is -2.10. The van der Waals surface area contributed by atoms with Gasteiger partial charge in [0.1, 0.15) is 0 Å². The summed E-state index contributed by atoms with van der Waals surface area (Å²) in [5, 5.41) is 8.94. The first kappa shape index (κ1) is 12.9. The minimum absolute atomic E-state index is 0.101. The van der Waals surface area contributed by atoms with Crippen LogP contribution in [0.3, 0.4) is 0 Å². The maximum absolute atomic E-state index is 11.9. The monoisotopic (exact) mass is 240 g/mol. The van der Waals surface area contributed by atoms with Crippen molar-refractivity contribution in [2.75, 3.05) is 12.4 Å². The van der Waals surface area contributed by atoms with Crippen LogP contribution in [0.5, 0.6) is 0 Å². The quantitative estimate of drug-likeness (QED) is 0.795. The third kappa shape index (κ3) is 3.18. The molecule has 0 aliphatic heterocycles. The summed E-state index contributed by atoms with van der Waals surface area (Å²) in [5.41, 5.74) is 1.02. The fraction of sp³-hybridized carbons (Fsp3) is 0.333. The molecule has 1 unspecified atom stereocenters. The molecule has 1 atom stereocenters. The highest BCUT2D eigenvalue weighted by atomic mass is 32.2. The molecule has 16 heavy (non-hydrogen) atoms. The fourth-order valence-electron chi connectivity index (χ4n) is 1.32. The fourth-order valence-corrected chi connectivity index (χ4v) is 2.87. The van der Waals surface area contributed by atoms with Crippen molar-refractivity contribution in [1.29, 1.82) is 0 Å². The highest BCUT2D eigenvalue weighted by Gasteiger charge is 2.18. The third-order valence-electron chi connectivity index (χ3n) is 2.38. The predicted molar refractivity (Wildman–Crippen MR) is 64.0 cm³/mol. The Kier molecular flexibility index (Phi) is 4.26. The van der Waals surface area contributed by atoms with Crippen molar-refractivity contribution in [2.45, 2.75) is 11.8 Å². The molecule has 88 valence electrons. The summed E-state index contributed by atoms with van der Waals surface area (Å²) in [5.74, 6) is -0.512. The predicted octanol–water partition coefficient (Wildman–Crippen LogP) is 1.56. The van der Waals surface area contributed by atoms with E-state index in [0.717, 1.165) is 5.56 Å². The second-order valence-electron chi connectivity index (χ2n) is 3.77.